The molecule has 0 bridgehead atoms. The summed E-state index contributed by atoms with van der Waals surface area (Å²) in [6.45, 7) is 5.90. The molecule has 0 spiro atoms. The highest BCUT2D eigenvalue weighted by atomic mass is 32.2. The van der Waals surface area contributed by atoms with Crippen molar-refractivity contribution in [3.05, 3.63) is 47.5 Å². The van der Waals surface area contributed by atoms with Crippen molar-refractivity contribution in [2.75, 3.05) is 31.1 Å². The first-order valence-corrected chi connectivity index (χ1v) is 11.4. The number of sulfonamides is 1. The van der Waals surface area contributed by atoms with Crippen molar-refractivity contribution in [3.63, 3.8) is 0 Å². The van der Waals surface area contributed by atoms with E-state index in [4.69, 9.17) is 0 Å². The van der Waals surface area contributed by atoms with E-state index < -0.39 is 10.0 Å². The molecule has 152 valence electrons. The Bertz CT molecular complexity index is 1180. The molecular weight excluding hydrogens is 388 g/mol. The number of aromatic nitrogens is 4. The van der Waals surface area contributed by atoms with E-state index in [1.165, 1.54) is 0 Å². The molecular formula is C20H24N6O2S. The molecule has 1 saturated carbocycles. The summed E-state index contributed by atoms with van der Waals surface area (Å²) < 4.78 is 29.7. The Morgan fingerprint density at radius 3 is 2.45 bits per heavy atom. The van der Waals surface area contributed by atoms with Crippen LogP contribution in [0.5, 0.6) is 0 Å². The Kier molecular flexibility index (Phi) is 4.32. The number of piperazine rings is 1. The van der Waals surface area contributed by atoms with Gasteiger partial charge in [0.2, 0.25) is 15.7 Å². The molecule has 0 unspecified atom stereocenters. The van der Waals surface area contributed by atoms with Crippen LogP contribution in [-0.4, -0.2) is 58.5 Å². The summed E-state index contributed by atoms with van der Waals surface area (Å²) >= 11 is 0. The van der Waals surface area contributed by atoms with Crippen molar-refractivity contribution in [3.8, 4) is 0 Å². The molecule has 0 N–H and O–H groups in total. The zero-order chi connectivity index (χ0) is 20.2. The fraction of sp³-hybridized carbons (Fsp3) is 0.450. The van der Waals surface area contributed by atoms with Crippen LogP contribution in [0.2, 0.25) is 0 Å². The van der Waals surface area contributed by atoms with Gasteiger partial charge in [0.1, 0.15) is 5.82 Å². The van der Waals surface area contributed by atoms with Gasteiger partial charge in [-0.2, -0.15) is 4.31 Å². The zero-order valence-electron chi connectivity index (χ0n) is 16.6. The topological polar surface area (TPSA) is 83.7 Å². The number of nitrogens with zero attached hydrogens (tertiary/aromatic N) is 6. The molecule has 1 aliphatic heterocycles. The van der Waals surface area contributed by atoms with Crippen LogP contribution < -0.4 is 4.90 Å². The van der Waals surface area contributed by atoms with Crippen molar-refractivity contribution in [2.45, 2.75) is 37.5 Å². The average Bonchev–Trinajstić information content (AvgIpc) is 3.48. The van der Waals surface area contributed by atoms with Crippen molar-refractivity contribution in [1.29, 1.82) is 0 Å². The first-order valence-electron chi connectivity index (χ1n) is 9.97. The first-order chi connectivity index (χ1) is 13.9. The lowest BCUT2D eigenvalue weighted by atomic mass is 10.1. The summed E-state index contributed by atoms with van der Waals surface area (Å²) in [7, 11) is -3.50. The Balaban J connectivity index is 1.36. The third-order valence-electron chi connectivity index (χ3n) is 5.93. The van der Waals surface area contributed by atoms with Crippen LogP contribution >= 0.6 is 0 Å². The number of hydrogen-bond acceptors (Lipinski definition) is 6. The van der Waals surface area contributed by atoms with Crippen LogP contribution in [-0.2, 0) is 10.0 Å². The molecule has 8 nitrogen and oxygen atoms in total. The maximum absolute atomic E-state index is 13.1. The predicted octanol–water partition coefficient (Wildman–Crippen LogP) is 2.13. The minimum Gasteiger partial charge on any atom is -0.351 e. The molecule has 2 aromatic heterocycles. The first kappa shape index (κ1) is 18.5. The third-order valence-corrected chi connectivity index (χ3v) is 7.83. The molecule has 9 heteroatoms. The minimum atomic E-state index is -3.50. The van der Waals surface area contributed by atoms with E-state index in [1.54, 1.807) is 22.6 Å². The molecule has 5 rings (SSSR count). The highest BCUT2D eigenvalue weighted by Crippen LogP contribution is 2.39. The summed E-state index contributed by atoms with van der Waals surface area (Å²) in [6, 6.07) is 5.32. The highest BCUT2D eigenvalue weighted by molar-refractivity contribution is 7.89. The van der Waals surface area contributed by atoms with E-state index in [0.717, 1.165) is 41.3 Å². The normalized spacial score (nSPS) is 18.5. The number of hydrogen-bond donors (Lipinski definition) is 0. The summed E-state index contributed by atoms with van der Waals surface area (Å²) in [5, 5.41) is 8.73. The van der Waals surface area contributed by atoms with E-state index in [1.807, 2.05) is 30.5 Å². The molecule has 3 aromatic rings. The third kappa shape index (κ3) is 3.18. The van der Waals surface area contributed by atoms with Gasteiger partial charge < -0.3 is 4.90 Å². The van der Waals surface area contributed by atoms with Crippen LogP contribution in [0.15, 0.2) is 35.5 Å². The molecule has 2 aliphatic rings. The second-order valence-electron chi connectivity index (χ2n) is 7.91. The monoisotopic (exact) mass is 412 g/mol. The molecule has 0 atom stereocenters. The predicted molar refractivity (Wildman–Crippen MR) is 110 cm³/mol. The van der Waals surface area contributed by atoms with Crippen molar-refractivity contribution >= 4 is 21.5 Å². The maximum atomic E-state index is 13.1. The van der Waals surface area contributed by atoms with Gasteiger partial charge in [0, 0.05) is 44.5 Å². The van der Waals surface area contributed by atoms with Crippen LogP contribution in [0, 0.1) is 13.8 Å². The van der Waals surface area contributed by atoms with Gasteiger partial charge in [-0.1, -0.05) is 6.07 Å². The summed E-state index contributed by atoms with van der Waals surface area (Å²) in [5.74, 6) is 2.27. The van der Waals surface area contributed by atoms with Crippen molar-refractivity contribution in [1.82, 2.24) is 23.9 Å². The van der Waals surface area contributed by atoms with Gasteiger partial charge >= 0.3 is 0 Å². The molecule has 0 radical (unpaired) electrons. The quantitative estimate of drug-likeness (QED) is 0.653. The van der Waals surface area contributed by atoms with Gasteiger partial charge in [0.25, 0.3) is 0 Å². The lowest BCUT2D eigenvalue weighted by Gasteiger charge is -2.34. The average molecular weight is 413 g/mol. The molecule has 1 aromatic carbocycles. The molecule has 1 aliphatic carbocycles. The van der Waals surface area contributed by atoms with Crippen LogP contribution in [0.1, 0.15) is 35.7 Å². The fourth-order valence-corrected chi connectivity index (χ4v) is 5.35. The molecule has 2 fully saturated rings. The second-order valence-corrected chi connectivity index (χ2v) is 9.85. The number of fused-ring (bicyclic) bond motifs is 1. The molecule has 29 heavy (non-hydrogen) atoms. The standard InChI is InChI=1S/C20H24N6O2S/c1-14-3-6-17(13-15(14)2)29(27,28)25-11-9-24(10-12-25)19-20-23-22-18(16-4-5-16)26(20)8-7-21-19/h3,6-8,13,16H,4-5,9-12H2,1-2H3. The SMILES string of the molecule is Cc1ccc(S(=O)(=O)N2CCN(c3nccn4c(C5CC5)nnc34)CC2)cc1C. The lowest BCUT2D eigenvalue weighted by Crippen LogP contribution is -2.49. The lowest BCUT2D eigenvalue weighted by molar-refractivity contribution is 0.384. The van der Waals surface area contributed by atoms with Gasteiger partial charge in [0.05, 0.1) is 4.90 Å². The maximum Gasteiger partial charge on any atom is 0.243 e. The van der Waals surface area contributed by atoms with Crippen molar-refractivity contribution < 1.29 is 8.42 Å². The van der Waals surface area contributed by atoms with Crippen LogP contribution in [0.3, 0.4) is 0 Å². The molecule has 0 amide bonds. The largest absolute Gasteiger partial charge is 0.351 e. The van der Waals surface area contributed by atoms with Gasteiger partial charge in [-0.25, -0.2) is 13.4 Å². The number of aryl methyl sites for hydroxylation is 2. The summed E-state index contributed by atoms with van der Waals surface area (Å²) in [5.41, 5.74) is 2.82. The van der Waals surface area contributed by atoms with E-state index in [-0.39, 0.29) is 0 Å². The second kappa shape index (κ2) is 6.77. The summed E-state index contributed by atoms with van der Waals surface area (Å²) in [4.78, 5) is 6.99. The molecule has 3 heterocycles. The summed E-state index contributed by atoms with van der Waals surface area (Å²) in [6.07, 6.45) is 6.00. The van der Waals surface area contributed by atoms with Gasteiger partial charge in [-0.3, -0.25) is 4.40 Å². The number of benzene rings is 1. The Labute approximate surface area is 170 Å². The van der Waals surface area contributed by atoms with Gasteiger partial charge in [-0.05, 0) is 49.9 Å². The van der Waals surface area contributed by atoms with Crippen LogP contribution in [0.4, 0.5) is 5.82 Å². The van der Waals surface area contributed by atoms with Crippen molar-refractivity contribution in [2.24, 2.45) is 0 Å². The van der Waals surface area contributed by atoms with Crippen LogP contribution in [0.25, 0.3) is 5.65 Å². The van der Waals surface area contributed by atoms with E-state index in [0.29, 0.717) is 37.0 Å². The fourth-order valence-electron chi connectivity index (χ4n) is 3.84. The zero-order valence-corrected chi connectivity index (χ0v) is 17.4. The smallest absolute Gasteiger partial charge is 0.243 e. The Morgan fingerprint density at radius 1 is 1.00 bits per heavy atom. The Hall–Kier alpha value is -2.52. The number of rotatable bonds is 4. The molecule has 1 saturated heterocycles. The highest BCUT2D eigenvalue weighted by Gasteiger charge is 2.32. The Morgan fingerprint density at radius 2 is 1.76 bits per heavy atom. The van der Waals surface area contributed by atoms with Gasteiger partial charge in [-0.15, -0.1) is 10.2 Å². The number of anilines is 1. The van der Waals surface area contributed by atoms with E-state index in [9.17, 15) is 8.42 Å². The van der Waals surface area contributed by atoms with E-state index in [2.05, 4.69) is 20.1 Å². The van der Waals surface area contributed by atoms with E-state index >= 15 is 0 Å². The van der Waals surface area contributed by atoms with Gasteiger partial charge in [0.15, 0.2) is 5.82 Å². The minimum absolute atomic E-state index is 0.362.